The molecule has 0 radical (unpaired) electrons. The molecule has 0 atom stereocenters. The van der Waals surface area contributed by atoms with Gasteiger partial charge in [0.25, 0.3) is 5.95 Å². The molecule has 0 spiro atoms. The van der Waals surface area contributed by atoms with E-state index in [-0.39, 0.29) is 17.2 Å². The number of fused-ring (bicyclic) bond motifs is 1. The minimum atomic E-state index is -1.10. The lowest BCUT2D eigenvalue weighted by Gasteiger charge is -2.06. The third-order valence-electron chi connectivity index (χ3n) is 4.58. The number of nitrogens with zero attached hydrogens (tertiary/aromatic N) is 6. The van der Waals surface area contributed by atoms with E-state index in [1.165, 1.54) is 10.9 Å². The van der Waals surface area contributed by atoms with E-state index in [1.54, 1.807) is 24.7 Å². The molecule has 4 heterocycles. The van der Waals surface area contributed by atoms with Crippen LogP contribution in [0.1, 0.15) is 15.9 Å². The van der Waals surface area contributed by atoms with E-state index in [1.807, 2.05) is 0 Å². The van der Waals surface area contributed by atoms with Crippen molar-refractivity contribution >= 4 is 22.5 Å². The first-order valence-electron chi connectivity index (χ1n) is 8.57. The summed E-state index contributed by atoms with van der Waals surface area (Å²) in [6.45, 7) is 0. The summed E-state index contributed by atoms with van der Waals surface area (Å²) in [5.74, 6) is -2.68. The van der Waals surface area contributed by atoms with Gasteiger partial charge in [0.1, 0.15) is 11.5 Å². The summed E-state index contributed by atoms with van der Waals surface area (Å²) < 4.78 is 29.9. The summed E-state index contributed by atoms with van der Waals surface area (Å²) in [7, 11) is 0. The number of nitrogens with one attached hydrogen (secondary N) is 2. The van der Waals surface area contributed by atoms with Gasteiger partial charge in [0, 0.05) is 40.7 Å². The molecule has 0 saturated heterocycles. The zero-order valence-electron chi connectivity index (χ0n) is 15.0. The highest BCUT2D eigenvalue weighted by Gasteiger charge is 2.24. The topological polar surface area (TPSA) is 144 Å². The Balaban J connectivity index is 1.59. The van der Waals surface area contributed by atoms with Crippen LogP contribution in [0.4, 0.5) is 14.5 Å². The van der Waals surface area contributed by atoms with Crippen LogP contribution in [-0.2, 0) is 0 Å². The maximum atomic E-state index is 14.3. The lowest BCUT2D eigenvalue weighted by molar-refractivity contribution is 0.103. The van der Waals surface area contributed by atoms with Crippen molar-refractivity contribution < 1.29 is 13.6 Å². The summed E-state index contributed by atoms with van der Waals surface area (Å²) in [5, 5.41) is 18.0. The lowest BCUT2D eigenvalue weighted by atomic mass is 10.0. The maximum absolute atomic E-state index is 14.3. The summed E-state index contributed by atoms with van der Waals surface area (Å²) in [4.78, 5) is 20.0. The Morgan fingerprint density at radius 1 is 1.17 bits per heavy atom. The van der Waals surface area contributed by atoms with Gasteiger partial charge in [-0.05, 0) is 23.4 Å². The summed E-state index contributed by atoms with van der Waals surface area (Å²) in [5.41, 5.74) is 6.20. The molecule has 0 aliphatic heterocycles. The van der Waals surface area contributed by atoms with Gasteiger partial charge >= 0.3 is 0 Å². The van der Waals surface area contributed by atoms with Crippen LogP contribution in [0, 0.1) is 11.6 Å². The molecular weight excluding hydrogens is 396 g/mol. The van der Waals surface area contributed by atoms with Crippen molar-refractivity contribution in [3.05, 3.63) is 65.7 Å². The number of carbonyl (C=O) groups is 1. The van der Waals surface area contributed by atoms with Gasteiger partial charge in [-0.1, -0.05) is 5.10 Å². The number of nitrogens with two attached hydrogens (primary N) is 1. The zero-order chi connectivity index (χ0) is 20.8. The number of rotatable bonds is 4. The molecule has 5 rings (SSSR count). The van der Waals surface area contributed by atoms with Crippen LogP contribution in [0.3, 0.4) is 0 Å². The summed E-state index contributed by atoms with van der Waals surface area (Å²) >= 11 is 0. The molecule has 30 heavy (non-hydrogen) atoms. The molecule has 148 valence electrons. The van der Waals surface area contributed by atoms with Crippen molar-refractivity contribution in [3.63, 3.8) is 0 Å². The van der Waals surface area contributed by atoms with E-state index in [9.17, 15) is 13.6 Å². The first kappa shape index (κ1) is 17.6. The fourth-order valence-electron chi connectivity index (χ4n) is 3.10. The van der Waals surface area contributed by atoms with Gasteiger partial charge in [-0.25, -0.2) is 18.4 Å². The number of anilines is 1. The molecule has 0 aliphatic carbocycles. The highest BCUT2D eigenvalue weighted by Crippen LogP contribution is 2.28. The van der Waals surface area contributed by atoms with Crippen molar-refractivity contribution in [1.82, 2.24) is 40.4 Å². The quantitative estimate of drug-likeness (QED) is 0.305. The number of nitrogen functional groups attached to an aromatic ring is 1. The highest BCUT2D eigenvalue weighted by atomic mass is 19.1. The van der Waals surface area contributed by atoms with E-state index in [0.29, 0.717) is 22.2 Å². The lowest BCUT2D eigenvalue weighted by Crippen LogP contribution is -2.09. The van der Waals surface area contributed by atoms with Crippen LogP contribution < -0.4 is 5.73 Å². The molecule has 0 unspecified atom stereocenters. The molecule has 1 aromatic carbocycles. The third-order valence-corrected chi connectivity index (χ3v) is 4.58. The molecule has 10 nitrogen and oxygen atoms in total. The second-order valence-electron chi connectivity index (χ2n) is 6.36. The fraction of sp³-hybridized carbons (Fsp3) is 0. The Bertz CT molecular complexity index is 1400. The Kier molecular flexibility index (Phi) is 3.84. The van der Waals surface area contributed by atoms with Crippen molar-refractivity contribution in [3.8, 4) is 17.1 Å². The van der Waals surface area contributed by atoms with Crippen LogP contribution in [0.2, 0.25) is 0 Å². The summed E-state index contributed by atoms with van der Waals surface area (Å²) in [6, 6.07) is 3.69. The predicted octanol–water partition coefficient (Wildman–Crippen LogP) is 2.02. The second kappa shape index (κ2) is 6.55. The molecule has 5 aromatic rings. The number of aromatic nitrogens is 8. The monoisotopic (exact) mass is 407 g/mol. The van der Waals surface area contributed by atoms with Gasteiger partial charge in [-0.3, -0.25) is 4.79 Å². The van der Waals surface area contributed by atoms with Crippen LogP contribution in [0.25, 0.3) is 28.1 Å². The Morgan fingerprint density at radius 2 is 2.03 bits per heavy atom. The fourth-order valence-corrected chi connectivity index (χ4v) is 3.10. The second-order valence-corrected chi connectivity index (χ2v) is 6.36. The molecule has 0 saturated carbocycles. The van der Waals surface area contributed by atoms with Gasteiger partial charge in [0.15, 0.2) is 5.82 Å². The molecule has 12 heteroatoms. The largest absolute Gasteiger partial charge is 0.396 e. The molecule has 4 aromatic heterocycles. The molecule has 0 fully saturated rings. The van der Waals surface area contributed by atoms with E-state index >= 15 is 0 Å². The highest BCUT2D eigenvalue weighted by molar-refractivity contribution is 6.16. The molecule has 4 N–H and O–H groups in total. The Labute approximate surface area is 165 Å². The summed E-state index contributed by atoms with van der Waals surface area (Å²) in [6.07, 6.45) is 6.14. The maximum Gasteiger partial charge on any atom is 0.290 e. The number of benzene rings is 1. The zero-order valence-corrected chi connectivity index (χ0v) is 15.0. The third kappa shape index (κ3) is 2.70. The number of tetrazole rings is 1. The van der Waals surface area contributed by atoms with Crippen LogP contribution in [0.5, 0.6) is 0 Å². The van der Waals surface area contributed by atoms with Crippen molar-refractivity contribution in [2.24, 2.45) is 0 Å². The van der Waals surface area contributed by atoms with Crippen LogP contribution >= 0.6 is 0 Å². The smallest absolute Gasteiger partial charge is 0.290 e. The minimum absolute atomic E-state index is 0.0632. The number of hydrogen-bond donors (Lipinski definition) is 3. The van der Waals surface area contributed by atoms with E-state index in [0.717, 1.165) is 12.1 Å². The number of H-pyrrole nitrogens is 2. The van der Waals surface area contributed by atoms with Gasteiger partial charge in [0.2, 0.25) is 5.78 Å². The van der Waals surface area contributed by atoms with Crippen molar-refractivity contribution in [2.45, 2.75) is 0 Å². The van der Waals surface area contributed by atoms with Gasteiger partial charge in [0.05, 0.1) is 17.4 Å². The van der Waals surface area contributed by atoms with Crippen molar-refractivity contribution in [2.75, 3.05) is 5.73 Å². The van der Waals surface area contributed by atoms with Crippen molar-refractivity contribution in [1.29, 1.82) is 0 Å². The molecular formula is C18H11F2N9O. The molecule has 0 amide bonds. The molecule has 0 bridgehead atoms. The van der Waals surface area contributed by atoms with Gasteiger partial charge in [-0.15, -0.1) is 5.10 Å². The van der Waals surface area contributed by atoms with E-state index < -0.39 is 23.0 Å². The van der Waals surface area contributed by atoms with Gasteiger partial charge in [-0.2, -0.15) is 10.3 Å². The number of halogens is 2. The number of ketones is 1. The Morgan fingerprint density at radius 3 is 2.83 bits per heavy atom. The van der Waals surface area contributed by atoms with Crippen LogP contribution in [0.15, 0.2) is 43.0 Å². The van der Waals surface area contributed by atoms with E-state index in [2.05, 4.69) is 35.7 Å². The Hall–Kier alpha value is -4.48. The SMILES string of the molecule is Nc1ccc(F)c(C(=O)c2c[nH]c3ncc(-c4cnn(-c5nn[nH]n5)c4)cc23)c1F. The number of pyridine rings is 1. The van der Waals surface area contributed by atoms with Crippen LogP contribution in [-0.4, -0.2) is 46.2 Å². The van der Waals surface area contributed by atoms with E-state index in [4.69, 9.17) is 5.73 Å². The number of aromatic amines is 2. The first-order valence-corrected chi connectivity index (χ1v) is 8.57. The number of carbonyl (C=O) groups excluding carboxylic acids is 1. The number of hydrogen-bond acceptors (Lipinski definition) is 7. The normalized spacial score (nSPS) is 11.3. The standard InChI is InChI=1S/C18H11F2N9O/c19-12-1-2-13(21)15(20)14(12)16(30)11-6-23-17-10(11)3-8(4-22-17)9-5-24-29(7-9)18-25-27-28-26-18/h1-7H,21H2,(H,22,23)(H,25,26,27,28). The first-order chi connectivity index (χ1) is 14.5. The average Bonchev–Trinajstić information content (AvgIpc) is 3.50. The van der Waals surface area contributed by atoms with Gasteiger partial charge < -0.3 is 10.7 Å². The average molecular weight is 407 g/mol. The predicted molar refractivity (Wildman–Crippen MR) is 101 cm³/mol. The minimum Gasteiger partial charge on any atom is -0.396 e. The molecule has 0 aliphatic rings.